The number of para-hydroxylation sites is 1. The molecule has 0 spiro atoms. The molecule has 0 aliphatic carbocycles. The highest BCUT2D eigenvalue weighted by molar-refractivity contribution is 5.73. The molecule has 4 nitrogen and oxygen atoms in total. The van der Waals surface area contributed by atoms with Crippen LogP contribution >= 0.6 is 0 Å². The van der Waals surface area contributed by atoms with Crippen molar-refractivity contribution in [1.29, 1.82) is 0 Å². The Morgan fingerprint density at radius 3 is 2.72 bits per heavy atom. The molecule has 3 N–H and O–H groups in total. The van der Waals surface area contributed by atoms with Crippen molar-refractivity contribution in [1.82, 2.24) is 10.2 Å². The van der Waals surface area contributed by atoms with Crippen LogP contribution in [0, 0.1) is 0 Å². The van der Waals surface area contributed by atoms with Crippen LogP contribution in [0.2, 0.25) is 0 Å². The zero-order valence-electron chi connectivity index (χ0n) is 11.0. The van der Waals surface area contributed by atoms with Gasteiger partial charge in [0.15, 0.2) is 0 Å². The van der Waals surface area contributed by atoms with Gasteiger partial charge >= 0.3 is 0 Å². The molecule has 0 unspecified atom stereocenters. The van der Waals surface area contributed by atoms with Gasteiger partial charge in [-0.25, -0.2) is 0 Å². The van der Waals surface area contributed by atoms with Gasteiger partial charge in [-0.05, 0) is 25.0 Å². The molecule has 0 bridgehead atoms. The van der Waals surface area contributed by atoms with E-state index in [1.807, 2.05) is 31.2 Å². The lowest BCUT2D eigenvalue weighted by molar-refractivity contribution is 0.341. The molecule has 0 amide bonds. The summed E-state index contributed by atoms with van der Waals surface area (Å²) in [5.41, 5.74) is 8.92. The first-order valence-electron chi connectivity index (χ1n) is 6.21. The second-order valence-corrected chi connectivity index (χ2v) is 4.48. The van der Waals surface area contributed by atoms with Crippen LogP contribution < -0.4 is 10.5 Å². The zero-order valence-corrected chi connectivity index (χ0v) is 11.0. The van der Waals surface area contributed by atoms with Crippen LogP contribution in [-0.2, 0) is 0 Å². The number of nitrogens with two attached hydrogens (primary N) is 1. The van der Waals surface area contributed by atoms with E-state index in [9.17, 15) is 0 Å². The van der Waals surface area contributed by atoms with Crippen molar-refractivity contribution >= 4 is 5.82 Å². The molecule has 0 radical (unpaired) electrons. The molecule has 18 heavy (non-hydrogen) atoms. The summed E-state index contributed by atoms with van der Waals surface area (Å²) in [6, 6.07) is 7.92. The highest BCUT2D eigenvalue weighted by Crippen LogP contribution is 2.36. The van der Waals surface area contributed by atoms with Crippen LogP contribution in [0.3, 0.4) is 0 Å². The quantitative estimate of drug-likeness (QED) is 0.869. The number of benzene rings is 1. The van der Waals surface area contributed by atoms with Crippen molar-refractivity contribution in [2.24, 2.45) is 0 Å². The Balaban J connectivity index is 2.55. The van der Waals surface area contributed by atoms with Crippen LogP contribution in [0.15, 0.2) is 24.3 Å². The number of rotatable bonds is 4. The smallest absolute Gasteiger partial charge is 0.149 e. The Labute approximate surface area is 107 Å². The monoisotopic (exact) mass is 245 g/mol. The fourth-order valence-electron chi connectivity index (χ4n) is 2.11. The number of nitrogens with one attached hydrogen (secondary N) is 1. The molecule has 0 aliphatic rings. The first kappa shape index (κ1) is 12.5. The maximum absolute atomic E-state index is 5.92. The Morgan fingerprint density at radius 2 is 2.06 bits per heavy atom. The second-order valence-electron chi connectivity index (χ2n) is 4.48. The van der Waals surface area contributed by atoms with Crippen molar-refractivity contribution in [2.45, 2.75) is 26.7 Å². The van der Waals surface area contributed by atoms with Gasteiger partial charge in [0.05, 0.1) is 12.3 Å². The molecule has 0 aliphatic heterocycles. The first-order chi connectivity index (χ1) is 8.65. The van der Waals surface area contributed by atoms with Crippen LogP contribution in [0.25, 0.3) is 11.3 Å². The highest BCUT2D eigenvalue weighted by atomic mass is 16.5. The molecular weight excluding hydrogens is 226 g/mol. The maximum Gasteiger partial charge on any atom is 0.149 e. The van der Waals surface area contributed by atoms with Gasteiger partial charge in [-0.3, -0.25) is 5.10 Å². The molecule has 1 aromatic carbocycles. The van der Waals surface area contributed by atoms with E-state index in [0.29, 0.717) is 18.3 Å². The summed E-state index contributed by atoms with van der Waals surface area (Å²) in [6.07, 6.45) is 0. The minimum absolute atomic E-state index is 0.313. The summed E-state index contributed by atoms with van der Waals surface area (Å²) in [5, 5.41) is 7.13. The van der Waals surface area contributed by atoms with Crippen LogP contribution in [0.1, 0.15) is 32.3 Å². The molecule has 2 rings (SSSR count). The van der Waals surface area contributed by atoms with E-state index in [4.69, 9.17) is 10.5 Å². The number of aromatic amines is 1. The summed E-state index contributed by atoms with van der Waals surface area (Å²) < 4.78 is 5.65. The van der Waals surface area contributed by atoms with E-state index in [1.165, 1.54) is 0 Å². The maximum atomic E-state index is 5.92. The average molecular weight is 245 g/mol. The highest BCUT2D eigenvalue weighted by Gasteiger charge is 2.18. The minimum Gasteiger partial charge on any atom is -0.493 e. The molecule has 0 saturated carbocycles. The number of hydrogen-bond donors (Lipinski definition) is 2. The zero-order chi connectivity index (χ0) is 13.1. The number of hydrogen-bond acceptors (Lipinski definition) is 3. The van der Waals surface area contributed by atoms with E-state index >= 15 is 0 Å². The van der Waals surface area contributed by atoms with E-state index in [1.54, 1.807) is 0 Å². The standard InChI is InChI=1S/C14H19N3O/c1-4-18-11-8-6-5-7-10(11)13-12(9(2)3)14(15)17-16-13/h5-9H,4H2,1-3H3,(H3,15,16,17). The summed E-state index contributed by atoms with van der Waals surface area (Å²) in [7, 11) is 0. The minimum atomic E-state index is 0.313. The van der Waals surface area contributed by atoms with Gasteiger partial charge in [0.1, 0.15) is 11.6 Å². The number of ether oxygens (including phenoxy) is 1. The molecule has 0 saturated heterocycles. The molecular formula is C14H19N3O. The Hall–Kier alpha value is -1.97. The third-order valence-corrected chi connectivity index (χ3v) is 2.87. The van der Waals surface area contributed by atoms with Gasteiger partial charge in [0.25, 0.3) is 0 Å². The third-order valence-electron chi connectivity index (χ3n) is 2.87. The van der Waals surface area contributed by atoms with Gasteiger partial charge in [0, 0.05) is 11.1 Å². The van der Waals surface area contributed by atoms with Crippen molar-refractivity contribution in [3.8, 4) is 17.0 Å². The largest absolute Gasteiger partial charge is 0.493 e. The van der Waals surface area contributed by atoms with Crippen molar-refractivity contribution in [3.05, 3.63) is 29.8 Å². The molecule has 2 aromatic rings. The van der Waals surface area contributed by atoms with Crippen LogP contribution in [0.5, 0.6) is 5.75 Å². The Morgan fingerprint density at radius 1 is 1.33 bits per heavy atom. The SMILES string of the molecule is CCOc1ccccc1-c1[nH]nc(N)c1C(C)C. The predicted molar refractivity (Wildman–Crippen MR) is 73.7 cm³/mol. The fourth-order valence-corrected chi connectivity index (χ4v) is 2.11. The molecule has 1 heterocycles. The fraction of sp³-hybridized carbons (Fsp3) is 0.357. The number of nitrogens with zero attached hydrogens (tertiary/aromatic N) is 1. The predicted octanol–water partition coefficient (Wildman–Crippen LogP) is 3.18. The number of anilines is 1. The van der Waals surface area contributed by atoms with E-state index in [0.717, 1.165) is 22.6 Å². The van der Waals surface area contributed by atoms with Crippen molar-refractivity contribution in [3.63, 3.8) is 0 Å². The molecule has 0 atom stereocenters. The lowest BCUT2D eigenvalue weighted by Gasteiger charge is -2.12. The first-order valence-corrected chi connectivity index (χ1v) is 6.21. The molecule has 0 fully saturated rings. The van der Waals surface area contributed by atoms with E-state index in [-0.39, 0.29) is 0 Å². The lowest BCUT2D eigenvalue weighted by Crippen LogP contribution is -1.98. The van der Waals surface area contributed by atoms with Gasteiger partial charge in [0.2, 0.25) is 0 Å². The van der Waals surface area contributed by atoms with Gasteiger partial charge in [-0.2, -0.15) is 5.10 Å². The molecule has 96 valence electrons. The molecule has 1 aromatic heterocycles. The normalized spacial score (nSPS) is 10.9. The number of nitrogen functional groups attached to an aromatic ring is 1. The van der Waals surface area contributed by atoms with Crippen molar-refractivity contribution < 1.29 is 4.74 Å². The van der Waals surface area contributed by atoms with Crippen LogP contribution in [-0.4, -0.2) is 16.8 Å². The third kappa shape index (κ3) is 2.18. The van der Waals surface area contributed by atoms with Gasteiger partial charge in [-0.15, -0.1) is 0 Å². The van der Waals surface area contributed by atoms with E-state index in [2.05, 4.69) is 24.0 Å². The average Bonchev–Trinajstić information content (AvgIpc) is 2.72. The summed E-state index contributed by atoms with van der Waals surface area (Å²) in [5.74, 6) is 1.73. The number of H-pyrrole nitrogens is 1. The van der Waals surface area contributed by atoms with Gasteiger partial charge < -0.3 is 10.5 Å². The van der Waals surface area contributed by atoms with Crippen LogP contribution in [0.4, 0.5) is 5.82 Å². The number of aromatic nitrogens is 2. The Bertz CT molecular complexity index is 532. The van der Waals surface area contributed by atoms with Gasteiger partial charge in [-0.1, -0.05) is 26.0 Å². The Kier molecular flexibility index (Phi) is 3.55. The molecule has 4 heteroatoms. The summed E-state index contributed by atoms with van der Waals surface area (Å²) in [4.78, 5) is 0. The lowest BCUT2D eigenvalue weighted by atomic mass is 9.98. The summed E-state index contributed by atoms with van der Waals surface area (Å²) >= 11 is 0. The summed E-state index contributed by atoms with van der Waals surface area (Å²) in [6.45, 7) is 6.82. The van der Waals surface area contributed by atoms with Crippen molar-refractivity contribution in [2.75, 3.05) is 12.3 Å². The van der Waals surface area contributed by atoms with E-state index < -0.39 is 0 Å². The topological polar surface area (TPSA) is 63.9 Å². The second kappa shape index (κ2) is 5.12.